The molecule has 112 valence electrons. The van der Waals surface area contributed by atoms with Crippen LogP contribution in [0.3, 0.4) is 0 Å². The number of nitrogen functional groups attached to an aromatic ring is 1. The van der Waals surface area contributed by atoms with Gasteiger partial charge in [-0.1, -0.05) is 13.8 Å². The molecule has 20 heavy (non-hydrogen) atoms. The highest BCUT2D eigenvalue weighted by atomic mass is 15.2. The molecule has 0 spiro atoms. The van der Waals surface area contributed by atoms with Crippen LogP contribution in [0.25, 0.3) is 0 Å². The van der Waals surface area contributed by atoms with Crippen molar-refractivity contribution in [3.63, 3.8) is 0 Å². The number of rotatable bonds is 4. The van der Waals surface area contributed by atoms with Crippen molar-refractivity contribution < 1.29 is 0 Å². The maximum atomic E-state index is 5.68. The summed E-state index contributed by atoms with van der Waals surface area (Å²) in [6.45, 7) is 12.2. The molecule has 2 rings (SSSR count). The highest BCUT2D eigenvalue weighted by Gasteiger charge is 2.22. The first-order chi connectivity index (χ1) is 9.42. The number of nitrogens with two attached hydrogens (primary N) is 1. The van der Waals surface area contributed by atoms with Gasteiger partial charge in [0, 0.05) is 37.4 Å². The Morgan fingerprint density at radius 3 is 2.60 bits per heavy atom. The maximum absolute atomic E-state index is 5.68. The third-order valence-electron chi connectivity index (χ3n) is 3.74. The molecule has 5 nitrogen and oxygen atoms in total. The fourth-order valence-corrected chi connectivity index (χ4v) is 3.29. The van der Waals surface area contributed by atoms with Crippen molar-refractivity contribution in [1.82, 2.24) is 14.9 Å². The number of hydrogen-bond donors (Lipinski definition) is 2. The zero-order valence-electron chi connectivity index (χ0n) is 13.1. The molecular weight excluding hydrogens is 250 g/mol. The van der Waals surface area contributed by atoms with Gasteiger partial charge in [-0.25, -0.2) is 4.98 Å². The Hall–Kier alpha value is -1.36. The van der Waals surface area contributed by atoms with Gasteiger partial charge in [0.1, 0.15) is 5.82 Å². The first-order valence-electron chi connectivity index (χ1n) is 7.52. The summed E-state index contributed by atoms with van der Waals surface area (Å²) in [6, 6.07) is 2.29. The molecule has 1 fully saturated rings. The van der Waals surface area contributed by atoms with Crippen molar-refractivity contribution in [1.29, 1.82) is 0 Å². The van der Waals surface area contributed by atoms with Gasteiger partial charge in [0.15, 0.2) is 0 Å². The molecule has 0 saturated carbocycles. The van der Waals surface area contributed by atoms with Crippen LogP contribution in [0, 0.1) is 18.8 Å². The first-order valence-corrected chi connectivity index (χ1v) is 7.52. The molecule has 0 aliphatic carbocycles. The van der Waals surface area contributed by atoms with Gasteiger partial charge < -0.3 is 16.0 Å². The Kier molecular flexibility index (Phi) is 4.81. The SMILES string of the molecule is Cc1cc(N[C@H](C)CN2C[C@@H](C)C[C@H](C)C2)nc(N)n1. The van der Waals surface area contributed by atoms with Gasteiger partial charge in [0.25, 0.3) is 0 Å². The topological polar surface area (TPSA) is 67.1 Å². The van der Waals surface area contributed by atoms with E-state index in [1.807, 2.05) is 13.0 Å². The number of aryl methyl sites for hydroxylation is 1. The minimum atomic E-state index is 0.333. The molecule has 1 aliphatic rings. The highest BCUT2D eigenvalue weighted by molar-refractivity contribution is 5.40. The van der Waals surface area contributed by atoms with Crippen LogP contribution < -0.4 is 11.1 Å². The molecule has 1 aromatic heterocycles. The number of aromatic nitrogens is 2. The van der Waals surface area contributed by atoms with Crippen LogP contribution in [0.1, 0.15) is 32.9 Å². The van der Waals surface area contributed by atoms with Crippen LogP contribution in [0.5, 0.6) is 0 Å². The third-order valence-corrected chi connectivity index (χ3v) is 3.74. The Morgan fingerprint density at radius 2 is 2.00 bits per heavy atom. The lowest BCUT2D eigenvalue weighted by atomic mass is 9.92. The van der Waals surface area contributed by atoms with Crippen molar-refractivity contribution in [2.45, 2.75) is 40.2 Å². The van der Waals surface area contributed by atoms with Crippen LogP contribution in [0.2, 0.25) is 0 Å². The normalized spacial score (nSPS) is 25.4. The van der Waals surface area contributed by atoms with Gasteiger partial charge in [0.05, 0.1) is 0 Å². The van der Waals surface area contributed by atoms with Gasteiger partial charge >= 0.3 is 0 Å². The lowest BCUT2D eigenvalue weighted by Gasteiger charge is -2.36. The van der Waals surface area contributed by atoms with E-state index < -0.39 is 0 Å². The van der Waals surface area contributed by atoms with Crippen molar-refractivity contribution in [2.75, 3.05) is 30.7 Å². The van der Waals surface area contributed by atoms with Crippen molar-refractivity contribution >= 4 is 11.8 Å². The highest BCUT2D eigenvalue weighted by Crippen LogP contribution is 2.21. The predicted molar refractivity (Wildman–Crippen MR) is 83.7 cm³/mol. The molecule has 5 heteroatoms. The smallest absolute Gasteiger partial charge is 0.222 e. The molecule has 0 radical (unpaired) electrons. The molecule has 1 saturated heterocycles. The maximum Gasteiger partial charge on any atom is 0.222 e. The van der Waals surface area contributed by atoms with Gasteiger partial charge in [0.2, 0.25) is 5.95 Å². The third kappa shape index (κ3) is 4.34. The fraction of sp³-hybridized carbons (Fsp3) is 0.733. The summed E-state index contributed by atoms with van der Waals surface area (Å²) >= 11 is 0. The fourth-order valence-electron chi connectivity index (χ4n) is 3.29. The number of nitrogens with one attached hydrogen (secondary N) is 1. The van der Waals surface area contributed by atoms with Crippen molar-refractivity contribution in [3.8, 4) is 0 Å². The number of likely N-dealkylation sites (tertiary alicyclic amines) is 1. The van der Waals surface area contributed by atoms with Gasteiger partial charge in [-0.2, -0.15) is 4.98 Å². The summed E-state index contributed by atoms with van der Waals surface area (Å²) in [7, 11) is 0. The molecule has 3 N–H and O–H groups in total. The summed E-state index contributed by atoms with van der Waals surface area (Å²) in [6.07, 6.45) is 1.35. The predicted octanol–water partition coefficient (Wildman–Crippen LogP) is 2.15. The first kappa shape index (κ1) is 15.0. The molecule has 0 bridgehead atoms. The minimum absolute atomic E-state index is 0.333. The second-order valence-corrected chi connectivity index (χ2v) is 6.46. The molecular formula is C15H27N5. The Bertz CT molecular complexity index is 418. The van der Waals surface area contributed by atoms with Crippen LogP contribution >= 0.6 is 0 Å². The average Bonchev–Trinajstić information content (AvgIpc) is 2.24. The molecule has 0 unspecified atom stereocenters. The van der Waals surface area contributed by atoms with Crippen LogP contribution in [0.15, 0.2) is 6.07 Å². The molecule has 3 atom stereocenters. The van der Waals surface area contributed by atoms with Crippen molar-refractivity contribution in [3.05, 3.63) is 11.8 Å². The molecule has 0 amide bonds. The minimum Gasteiger partial charge on any atom is -0.368 e. The van der Waals surface area contributed by atoms with E-state index in [0.29, 0.717) is 12.0 Å². The van der Waals surface area contributed by atoms with E-state index in [4.69, 9.17) is 5.73 Å². The van der Waals surface area contributed by atoms with E-state index in [2.05, 4.69) is 41.0 Å². The van der Waals surface area contributed by atoms with Crippen LogP contribution in [-0.4, -0.2) is 40.5 Å². The van der Waals surface area contributed by atoms with Crippen LogP contribution in [0.4, 0.5) is 11.8 Å². The quantitative estimate of drug-likeness (QED) is 0.882. The Labute approximate surface area is 122 Å². The second-order valence-electron chi connectivity index (χ2n) is 6.46. The monoisotopic (exact) mass is 277 g/mol. The Morgan fingerprint density at radius 1 is 1.35 bits per heavy atom. The standard InChI is InChI=1S/C15H27N5/c1-10-5-11(2)8-20(7-10)9-13(4)17-14-6-12(3)18-15(16)19-14/h6,10-11,13H,5,7-9H2,1-4H3,(H3,16,17,18,19)/t10-,11-,13+/m0/s1. The van der Waals surface area contributed by atoms with E-state index in [9.17, 15) is 0 Å². The molecule has 1 aromatic rings. The van der Waals surface area contributed by atoms with Crippen LogP contribution in [-0.2, 0) is 0 Å². The largest absolute Gasteiger partial charge is 0.368 e. The lowest BCUT2D eigenvalue weighted by molar-refractivity contribution is 0.138. The molecule has 0 aromatic carbocycles. The van der Waals surface area contributed by atoms with E-state index in [1.165, 1.54) is 19.5 Å². The lowest BCUT2D eigenvalue weighted by Crippen LogP contribution is -2.43. The molecule has 1 aliphatic heterocycles. The number of anilines is 2. The van der Waals surface area contributed by atoms with Gasteiger partial charge in [-0.05, 0) is 32.1 Å². The Balaban J connectivity index is 1.90. The zero-order valence-corrected chi connectivity index (χ0v) is 13.1. The van der Waals surface area contributed by atoms with Gasteiger partial charge in [-0.15, -0.1) is 0 Å². The van der Waals surface area contributed by atoms with Crippen molar-refractivity contribution in [2.24, 2.45) is 11.8 Å². The number of piperidine rings is 1. The number of hydrogen-bond acceptors (Lipinski definition) is 5. The van der Waals surface area contributed by atoms with E-state index >= 15 is 0 Å². The zero-order chi connectivity index (χ0) is 14.7. The number of nitrogens with zero attached hydrogens (tertiary/aromatic N) is 3. The summed E-state index contributed by atoms with van der Waals surface area (Å²) in [5, 5.41) is 3.43. The van der Waals surface area contributed by atoms with E-state index in [0.717, 1.165) is 29.9 Å². The second kappa shape index (κ2) is 6.39. The summed E-state index contributed by atoms with van der Waals surface area (Å²) in [4.78, 5) is 10.9. The summed E-state index contributed by atoms with van der Waals surface area (Å²) in [5.74, 6) is 2.74. The summed E-state index contributed by atoms with van der Waals surface area (Å²) < 4.78 is 0. The van der Waals surface area contributed by atoms with E-state index in [1.54, 1.807) is 0 Å². The molecule has 2 heterocycles. The van der Waals surface area contributed by atoms with E-state index in [-0.39, 0.29) is 0 Å². The van der Waals surface area contributed by atoms with Gasteiger partial charge in [-0.3, -0.25) is 0 Å². The average molecular weight is 277 g/mol. The summed E-state index contributed by atoms with van der Waals surface area (Å²) in [5.41, 5.74) is 6.58.